The van der Waals surface area contributed by atoms with Gasteiger partial charge in [-0.2, -0.15) is 5.10 Å². The Morgan fingerprint density at radius 2 is 2.12 bits per heavy atom. The first-order chi connectivity index (χ1) is 11.8. The zero-order valence-electron chi connectivity index (χ0n) is 13.7. The first-order valence-corrected chi connectivity index (χ1v) is 9.09. The summed E-state index contributed by atoms with van der Waals surface area (Å²) in [6.45, 7) is 4.05. The van der Waals surface area contributed by atoms with Gasteiger partial charge in [-0.3, -0.25) is 4.79 Å². The van der Waals surface area contributed by atoms with Crippen molar-refractivity contribution in [1.82, 2.24) is 9.78 Å². The van der Waals surface area contributed by atoms with E-state index < -0.39 is 0 Å². The lowest BCUT2D eigenvalue weighted by atomic mass is 10.3. The van der Waals surface area contributed by atoms with Gasteiger partial charge in [0.15, 0.2) is 11.5 Å². The minimum atomic E-state index is -0.00195. The highest BCUT2D eigenvalue weighted by atomic mass is 32.2. The molecule has 0 fully saturated rings. The van der Waals surface area contributed by atoms with Crippen molar-refractivity contribution in [1.29, 1.82) is 0 Å². The van der Waals surface area contributed by atoms with Crippen LogP contribution in [-0.2, 0) is 11.3 Å². The van der Waals surface area contributed by atoms with E-state index in [-0.39, 0.29) is 5.91 Å². The number of nitrogens with zero attached hydrogens (tertiary/aromatic N) is 2. The van der Waals surface area contributed by atoms with Gasteiger partial charge in [0.25, 0.3) is 0 Å². The van der Waals surface area contributed by atoms with E-state index in [1.807, 2.05) is 28.9 Å². The number of aryl methyl sites for hydroxylation is 1. The highest BCUT2D eigenvalue weighted by molar-refractivity contribution is 7.99. The lowest BCUT2D eigenvalue weighted by Gasteiger charge is -2.18. The third kappa shape index (κ3) is 4.23. The molecular weight excluding hydrogens is 326 g/mol. The standard InChI is InChI=1S/C17H21N3O3S/c1-2-8-20-16(5-7-18-20)19-17(21)6-11-24-13-3-4-14-15(12-13)23-10-9-22-14/h3-5,7,12H,2,6,8-11H2,1H3,(H,19,21). The van der Waals surface area contributed by atoms with E-state index in [0.29, 0.717) is 25.4 Å². The van der Waals surface area contributed by atoms with E-state index in [2.05, 4.69) is 17.3 Å². The number of benzene rings is 1. The second kappa shape index (κ2) is 8.10. The molecule has 7 heteroatoms. The minimum Gasteiger partial charge on any atom is -0.486 e. The maximum absolute atomic E-state index is 12.1. The van der Waals surface area contributed by atoms with Crippen molar-refractivity contribution in [3.8, 4) is 11.5 Å². The Hall–Kier alpha value is -2.15. The van der Waals surface area contributed by atoms with E-state index in [1.165, 1.54) is 0 Å². The van der Waals surface area contributed by atoms with Crippen LogP contribution in [0.1, 0.15) is 19.8 Å². The fourth-order valence-electron chi connectivity index (χ4n) is 2.41. The van der Waals surface area contributed by atoms with Crippen molar-refractivity contribution in [2.24, 2.45) is 0 Å². The number of carbonyl (C=O) groups excluding carboxylic acids is 1. The van der Waals surface area contributed by atoms with Crippen molar-refractivity contribution in [3.05, 3.63) is 30.5 Å². The molecule has 0 aliphatic carbocycles. The Labute approximate surface area is 145 Å². The van der Waals surface area contributed by atoms with Crippen LogP contribution in [0.3, 0.4) is 0 Å². The number of hydrogen-bond donors (Lipinski definition) is 1. The maximum Gasteiger partial charge on any atom is 0.226 e. The Balaban J connectivity index is 1.47. The number of nitrogens with one attached hydrogen (secondary N) is 1. The molecule has 24 heavy (non-hydrogen) atoms. The smallest absolute Gasteiger partial charge is 0.226 e. The molecule has 1 amide bonds. The van der Waals surface area contributed by atoms with Crippen LogP contribution < -0.4 is 14.8 Å². The van der Waals surface area contributed by atoms with Gasteiger partial charge in [-0.25, -0.2) is 4.68 Å². The van der Waals surface area contributed by atoms with Crippen LogP contribution in [0, 0.1) is 0 Å². The molecule has 6 nitrogen and oxygen atoms in total. The summed E-state index contributed by atoms with van der Waals surface area (Å²) in [4.78, 5) is 13.2. The third-order valence-corrected chi connectivity index (χ3v) is 4.53. The molecule has 1 aromatic carbocycles. The van der Waals surface area contributed by atoms with Crippen molar-refractivity contribution in [2.45, 2.75) is 31.2 Å². The SMILES string of the molecule is CCCn1nccc1NC(=O)CCSc1ccc2c(c1)OCCO2. The van der Waals surface area contributed by atoms with Crippen molar-refractivity contribution >= 4 is 23.5 Å². The van der Waals surface area contributed by atoms with E-state index >= 15 is 0 Å². The second-order valence-corrected chi connectivity index (χ2v) is 6.56. The van der Waals surface area contributed by atoms with Crippen molar-refractivity contribution < 1.29 is 14.3 Å². The summed E-state index contributed by atoms with van der Waals surface area (Å²) in [7, 11) is 0. The molecule has 0 radical (unpaired) electrons. The first kappa shape index (κ1) is 16.7. The highest BCUT2D eigenvalue weighted by Gasteiger charge is 2.12. The van der Waals surface area contributed by atoms with Gasteiger partial charge >= 0.3 is 0 Å². The fourth-order valence-corrected chi connectivity index (χ4v) is 3.29. The van der Waals surface area contributed by atoms with Crippen LogP contribution >= 0.6 is 11.8 Å². The largest absolute Gasteiger partial charge is 0.486 e. The van der Waals surface area contributed by atoms with Gasteiger partial charge < -0.3 is 14.8 Å². The van der Waals surface area contributed by atoms with Crippen LogP contribution in [0.2, 0.25) is 0 Å². The number of aromatic nitrogens is 2. The van der Waals surface area contributed by atoms with E-state index in [0.717, 1.165) is 35.2 Å². The molecule has 0 atom stereocenters. The average Bonchev–Trinajstić information content (AvgIpc) is 3.02. The Morgan fingerprint density at radius 1 is 1.29 bits per heavy atom. The molecule has 0 saturated heterocycles. The Bertz CT molecular complexity index is 702. The number of carbonyl (C=O) groups is 1. The summed E-state index contributed by atoms with van der Waals surface area (Å²) in [5.74, 6) is 3.02. The first-order valence-electron chi connectivity index (χ1n) is 8.10. The number of hydrogen-bond acceptors (Lipinski definition) is 5. The minimum absolute atomic E-state index is 0.00195. The van der Waals surface area contributed by atoms with Crippen molar-refractivity contribution in [3.63, 3.8) is 0 Å². The van der Waals surface area contributed by atoms with Gasteiger partial charge in [-0.1, -0.05) is 6.92 Å². The predicted octanol–water partition coefficient (Wildman–Crippen LogP) is 3.19. The molecule has 0 bridgehead atoms. The quantitative estimate of drug-likeness (QED) is 0.779. The van der Waals surface area contributed by atoms with Crippen LogP contribution in [0.15, 0.2) is 35.4 Å². The molecule has 1 aliphatic heterocycles. The lowest BCUT2D eigenvalue weighted by molar-refractivity contribution is -0.115. The second-order valence-electron chi connectivity index (χ2n) is 5.39. The molecular formula is C17H21N3O3S. The lowest BCUT2D eigenvalue weighted by Crippen LogP contribution is -2.16. The molecule has 0 unspecified atom stereocenters. The van der Waals surface area contributed by atoms with Crippen LogP contribution in [0.25, 0.3) is 0 Å². The summed E-state index contributed by atoms with van der Waals surface area (Å²) in [6, 6.07) is 7.70. The summed E-state index contributed by atoms with van der Waals surface area (Å²) in [5.41, 5.74) is 0. The molecule has 1 aromatic heterocycles. The zero-order chi connectivity index (χ0) is 16.8. The topological polar surface area (TPSA) is 65.4 Å². The zero-order valence-corrected chi connectivity index (χ0v) is 14.5. The van der Waals surface area contributed by atoms with Gasteiger partial charge in [0, 0.05) is 29.7 Å². The fraction of sp³-hybridized carbons (Fsp3) is 0.412. The molecule has 2 heterocycles. The number of ether oxygens (including phenoxy) is 2. The number of fused-ring (bicyclic) bond motifs is 1. The summed E-state index contributed by atoms with van der Waals surface area (Å²) < 4.78 is 12.9. The van der Waals surface area contributed by atoms with E-state index in [4.69, 9.17) is 9.47 Å². The Morgan fingerprint density at radius 3 is 2.96 bits per heavy atom. The number of anilines is 1. The normalized spacial score (nSPS) is 12.9. The van der Waals surface area contributed by atoms with E-state index in [9.17, 15) is 4.79 Å². The molecule has 0 spiro atoms. The highest BCUT2D eigenvalue weighted by Crippen LogP contribution is 2.34. The molecule has 1 aliphatic rings. The van der Waals surface area contributed by atoms with Gasteiger partial charge in [0.05, 0.1) is 6.20 Å². The van der Waals surface area contributed by atoms with Gasteiger partial charge in [0.1, 0.15) is 19.0 Å². The molecule has 2 aromatic rings. The number of amides is 1. The van der Waals surface area contributed by atoms with E-state index in [1.54, 1.807) is 18.0 Å². The monoisotopic (exact) mass is 347 g/mol. The van der Waals surface area contributed by atoms with Crippen molar-refractivity contribution in [2.75, 3.05) is 24.3 Å². The molecule has 0 saturated carbocycles. The average molecular weight is 347 g/mol. The summed E-state index contributed by atoms with van der Waals surface area (Å²) in [5, 5.41) is 7.11. The van der Waals surface area contributed by atoms with Crippen LogP contribution in [0.5, 0.6) is 11.5 Å². The summed E-state index contributed by atoms with van der Waals surface area (Å²) in [6.07, 6.45) is 3.12. The maximum atomic E-state index is 12.1. The Kier molecular flexibility index (Phi) is 5.63. The number of rotatable bonds is 7. The number of thioether (sulfide) groups is 1. The van der Waals surface area contributed by atoms with Gasteiger partial charge in [-0.05, 0) is 24.6 Å². The predicted molar refractivity (Wildman–Crippen MR) is 93.9 cm³/mol. The molecule has 3 rings (SSSR count). The molecule has 1 N–H and O–H groups in total. The van der Waals surface area contributed by atoms with Crippen LogP contribution in [0.4, 0.5) is 5.82 Å². The molecule has 128 valence electrons. The van der Waals surface area contributed by atoms with Gasteiger partial charge in [-0.15, -0.1) is 11.8 Å². The summed E-state index contributed by atoms with van der Waals surface area (Å²) >= 11 is 1.63. The third-order valence-electron chi connectivity index (χ3n) is 3.53. The van der Waals surface area contributed by atoms with Crippen LogP contribution in [-0.4, -0.2) is 34.7 Å². The van der Waals surface area contributed by atoms with Gasteiger partial charge in [0.2, 0.25) is 5.91 Å².